The van der Waals surface area contributed by atoms with Gasteiger partial charge < -0.3 is 10.2 Å². The molecule has 3 nitrogen and oxygen atoms in total. The van der Waals surface area contributed by atoms with Crippen LogP contribution >= 0.6 is 11.6 Å². The number of anilines is 1. The van der Waals surface area contributed by atoms with Gasteiger partial charge in [0.15, 0.2) is 0 Å². The second-order valence-electron chi connectivity index (χ2n) is 6.33. The Morgan fingerprint density at radius 3 is 2.60 bits per heavy atom. The first kappa shape index (κ1) is 17.6. The summed E-state index contributed by atoms with van der Waals surface area (Å²) in [4.78, 5) is 14.9. The van der Waals surface area contributed by atoms with Gasteiger partial charge in [0.2, 0.25) is 0 Å². The molecular formula is C21H23ClN2O. The average molecular weight is 355 g/mol. The van der Waals surface area contributed by atoms with E-state index in [4.69, 9.17) is 11.6 Å². The quantitative estimate of drug-likeness (QED) is 0.684. The third kappa shape index (κ3) is 5.10. The molecule has 1 N–H and O–H groups in total. The average Bonchev–Trinajstić information content (AvgIpc) is 2.91. The largest absolute Gasteiger partial charge is 0.322 e. The standard InChI is InChI=1S/C21H23ClN2O/c22-18-14-12-17(13-15-18)16-24(20-10-6-1-2-7-11-20)21(25)23-19-8-4-3-5-9-19/h3-6,8-10,12-15,20H,1-2,7,11,16H2,(H,23,25). The zero-order valence-electron chi connectivity index (χ0n) is 14.2. The van der Waals surface area contributed by atoms with E-state index in [0.717, 1.165) is 30.5 Å². The Morgan fingerprint density at radius 2 is 1.84 bits per heavy atom. The summed E-state index contributed by atoms with van der Waals surface area (Å²) in [7, 11) is 0. The van der Waals surface area contributed by atoms with E-state index in [9.17, 15) is 4.79 Å². The minimum atomic E-state index is -0.0716. The number of halogens is 1. The summed E-state index contributed by atoms with van der Waals surface area (Å²) in [6.45, 7) is 0.560. The zero-order valence-corrected chi connectivity index (χ0v) is 15.0. The first-order chi connectivity index (χ1) is 12.2. The Hall–Kier alpha value is -2.26. The molecule has 0 saturated heterocycles. The van der Waals surface area contributed by atoms with Crippen molar-refractivity contribution in [3.8, 4) is 0 Å². The molecule has 1 aliphatic rings. The van der Waals surface area contributed by atoms with Crippen LogP contribution in [0.3, 0.4) is 0 Å². The number of carbonyl (C=O) groups is 1. The van der Waals surface area contributed by atoms with Gasteiger partial charge in [0.25, 0.3) is 0 Å². The maximum Gasteiger partial charge on any atom is 0.322 e. The van der Waals surface area contributed by atoms with Crippen LogP contribution in [0.4, 0.5) is 10.5 Å². The number of allylic oxidation sites excluding steroid dienone is 1. The number of nitrogens with one attached hydrogen (secondary N) is 1. The smallest absolute Gasteiger partial charge is 0.314 e. The van der Waals surface area contributed by atoms with Crippen molar-refractivity contribution < 1.29 is 4.79 Å². The molecule has 3 rings (SSSR count). The van der Waals surface area contributed by atoms with E-state index in [0.29, 0.717) is 11.6 Å². The van der Waals surface area contributed by atoms with E-state index in [-0.39, 0.29) is 12.1 Å². The van der Waals surface area contributed by atoms with Gasteiger partial charge in [-0.1, -0.05) is 60.5 Å². The predicted octanol–water partition coefficient (Wildman–Crippen LogP) is 5.87. The number of urea groups is 1. The van der Waals surface area contributed by atoms with Crippen molar-refractivity contribution in [2.45, 2.75) is 38.3 Å². The second kappa shape index (κ2) is 8.72. The molecule has 0 fully saturated rings. The van der Waals surface area contributed by atoms with Crippen molar-refractivity contribution in [3.63, 3.8) is 0 Å². The van der Waals surface area contributed by atoms with Crippen LogP contribution < -0.4 is 5.32 Å². The SMILES string of the molecule is O=C(Nc1ccccc1)N(Cc1ccc(Cl)cc1)C1C=CCCCC1. The maximum absolute atomic E-state index is 13.0. The molecule has 2 aromatic rings. The monoisotopic (exact) mass is 354 g/mol. The van der Waals surface area contributed by atoms with Gasteiger partial charge in [0.05, 0.1) is 6.04 Å². The number of hydrogen-bond acceptors (Lipinski definition) is 1. The normalized spacial score (nSPS) is 16.9. The van der Waals surface area contributed by atoms with Gasteiger partial charge >= 0.3 is 6.03 Å². The number of carbonyl (C=O) groups excluding carboxylic acids is 1. The molecular weight excluding hydrogens is 332 g/mol. The number of benzene rings is 2. The molecule has 1 unspecified atom stereocenters. The molecule has 0 heterocycles. The Kier molecular flexibility index (Phi) is 6.13. The molecule has 1 aliphatic carbocycles. The second-order valence-corrected chi connectivity index (χ2v) is 6.77. The van der Waals surface area contributed by atoms with Crippen LogP contribution in [0.5, 0.6) is 0 Å². The highest BCUT2D eigenvalue weighted by Crippen LogP contribution is 2.21. The highest BCUT2D eigenvalue weighted by Gasteiger charge is 2.23. The van der Waals surface area contributed by atoms with Crippen LogP contribution in [-0.2, 0) is 6.54 Å². The fraction of sp³-hybridized carbons (Fsp3) is 0.286. The van der Waals surface area contributed by atoms with Gasteiger partial charge in [-0.15, -0.1) is 0 Å². The van der Waals surface area contributed by atoms with Gasteiger partial charge in [-0.2, -0.15) is 0 Å². The molecule has 0 aliphatic heterocycles. The van der Waals surface area contributed by atoms with Crippen LogP contribution in [0.1, 0.15) is 31.2 Å². The molecule has 0 radical (unpaired) electrons. The minimum Gasteiger partial charge on any atom is -0.314 e. The van der Waals surface area contributed by atoms with Crippen LogP contribution in [0.2, 0.25) is 5.02 Å². The minimum absolute atomic E-state index is 0.0716. The first-order valence-electron chi connectivity index (χ1n) is 8.76. The zero-order chi connectivity index (χ0) is 17.5. The fourth-order valence-electron chi connectivity index (χ4n) is 3.07. The van der Waals surface area contributed by atoms with E-state index >= 15 is 0 Å². The van der Waals surface area contributed by atoms with Crippen LogP contribution in [0.15, 0.2) is 66.7 Å². The van der Waals surface area contributed by atoms with Crippen molar-refractivity contribution in [2.75, 3.05) is 5.32 Å². The van der Waals surface area contributed by atoms with Gasteiger partial charge in [-0.3, -0.25) is 0 Å². The lowest BCUT2D eigenvalue weighted by Crippen LogP contribution is -2.41. The lowest BCUT2D eigenvalue weighted by Gasteiger charge is -2.30. The van der Waals surface area contributed by atoms with Crippen molar-refractivity contribution in [1.82, 2.24) is 4.90 Å². The van der Waals surface area contributed by atoms with Crippen LogP contribution in [-0.4, -0.2) is 17.0 Å². The van der Waals surface area contributed by atoms with E-state index in [1.807, 2.05) is 59.5 Å². The third-order valence-corrected chi connectivity index (χ3v) is 4.68. The molecule has 130 valence electrons. The van der Waals surface area contributed by atoms with Crippen LogP contribution in [0.25, 0.3) is 0 Å². The number of nitrogens with zero attached hydrogens (tertiary/aromatic N) is 1. The molecule has 2 amide bonds. The highest BCUT2D eigenvalue weighted by atomic mass is 35.5. The Labute approximate surface area is 154 Å². The van der Waals surface area contributed by atoms with E-state index in [1.54, 1.807) is 0 Å². The van der Waals surface area contributed by atoms with E-state index in [1.165, 1.54) is 6.42 Å². The Morgan fingerprint density at radius 1 is 1.08 bits per heavy atom. The summed E-state index contributed by atoms with van der Waals surface area (Å²) < 4.78 is 0. The fourth-order valence-corrected chi connectivity index (χ4v) is 3.19. The summed E-state index contributed by atoms with van der Waals surface area (Å²) in [6.07, 6.45) is 8.77. The van der Waals surface area contributed by atoms with E-state index < -0.39 is 0 Å². The molecule has 4 heteroatoms. The molecule has 0 bridgehead atoms. The third-order valence-electron chi connectivity index (χ3n) is 4.43. The Bertz CT molecular complexity index is 712. The molecule has 0 aromatic heterocycles. The van der Waals surface area contributed by atoms with E-state index in [2.05, 4.69) is 17.5 Å². The number of rotatable bonds is 4. The Balaban J connectivity index is 1.79. The number of amides is 2. The van der Waals surface area contributed by atoms with Gasteiger partial charge in [0.1, 0.15) is 0 Å². The topological polar surface area (TPSA) is 32.3 Å². The predicted molar refractivity (Wildman–Crippen MR) is 104 cm³/mol. The van der Waals surface area contributed by atoms with Crippen molar-refractivity contribution in [3.05, 3.63) is 77.3 Å². The molecule has 0 spiro atoms. The van der Waals surface area contributed by atoms with Gasteiger partial charge in [-0.05, 0) is 49.1 Å². The summed E-state index contributed by atoms with van der Waals surface area (Å²) in [5.74, 6) is 0. The lowest BCUT2D eigenvalue weighted by molar-refractivity contribution is 0.192. The summed E-state index contributed by atoms with van der Waals surface area (Å²) in [6, 6.07) is 17.3. The maximum atomic E-state index is 13.0. The number of para-hydroxylation sites is 1. The van der Waals surface area contributed by atoms with Crippen molar-refractivity contribution >= 4 is 23.3 Å². The summed E-state index contributed by atoms with van der Waals surface area (Å²) in [5.41, 5.74) is 1.89. The molecule has 1 atom stereocenters. The van der Waals surface area contributed by atoms with Gasteiger partial charge in [0, 0.05) is 17.3 Å². The highest BCUT2D eigenvalue weighted by molar-refractivity contribution is 6.30. The number of hydrogen-bond donors (Lipinski definition) is 1. The summed E-state index contributed by atoms with van der Waals surface area (Å²) in [5, 5.41) is 3.73. The van der Waals surface area contributed by atoms with Gasteiger partial charge in [-0.25, -0.2) is 4.79 Å². The lowest BCUT2D eigenvalue weighted by atomic mass is 10.1. The first-order valence-corrected chi connectivity index (χ1v) is 9.14. The van der Waals surface area contributed by atoms with Crippen molar-refractivity contribution in [1.29, 1.82) is 0 Å². The van der Waals surface area contributed by atoms with Crippen LogP contribution in [0, 0.1) is 0 Å². The molecule has 25 heavy (non-hydrogen) atoms. The van der Waals surface area contributed by atoms with Crippen molar-refractivity contribution in [2.24, 2.45) is 0 Å². The molecule has 0 saturated carbocycles. The summed E-state index contributed by atoms with van der Waals surface area (Å²) >= 11 is 5.98. The molecule has 2 aromatic carbocycles.